The lowest BCUT2D eigenvalue weighted by Gasteiger charge is -2.26. The molecular formula is C11H17NO2. The number of nitrogens with zero attached hydrogens (tertiary/aromatic N) is 1. The van der Waals surface area contributed by atoms with Crippen molar-refractivity contribution in [1.29, 1.82) is 0 Å². The van der Waals surface area contributed by atoms with E-state index in [2.05, 4.69) is 11.5 Å². The zero-order valence-electron chi connectivity index (χ0n) is 8.45. The van der Waals surface area contributed by atoms with E-state index in [1.165, 1.54) is 12.5 Å². The molecule has 0 amide bonds. The Balaban J connectivity index is 2.37. The van der Waals surface area contributed by atoms with Gasteiger partial charge in [-0.05, 0) is 25.9 Å². The van der Waals surface area contributed by atoms with Gasteiger partial charge in [-0.3, -0.25) is 9.69 Å². The number of Topliss-reactive ketones (excluding diaryl/α,β-unsaturated/α-hetero) is 1. The Labute approximate surface area is 84.8 Å². The van der Waals surface area contributed by atoms with E-state index in [1.807, 2.05) is 0 Å². The van der Waals surface area contributed by atoms with Crippen molar-refractivity contribution < 1.29 is 9.59 Å². The molecule has 1 unspecified atom stereocenters. The Kier molecular flexibility index (Phi) is 4.53. The number of piperidine rings is 1. The van der Waals surface area contributed by atoms with Crippen molar-refractivity contribution in [3.63, 3.8) is 0 Å². The molecule has 0 aliphatic carbocycles. The standard InChI is InChI=1S/C11H17NO2/c1-2-10(9-13)11(14)8-12-6-4-3-5-7-12/h2,9-10H,1,3-8H2. The predicted molar refractivity (Wildman–Crippen MR) is 55.0 cm³/mol. The maximum atomic E-state index is 11.5. The molecule has 3 heteroatoms. The van der Waals surface area contributed by atoms with E-state index in [1.54, 1.807) is 0 Å². The van der Waals surface area contributed by atoms with Crippen LogP contribution >= 0.6 is 0 Å². The van der Waals surface area contributed by atoms with Crippen molar-refractivity contribution in [3.05, 3.63) is 12.7 Å². The van der Waals surface area contributed by atoms with Gasteiger partial charge in [0.25, 0.3) is 0 Å². The van der Waals surface area contributed by atoms with Crippen molar-refractivity contribution in [2.45, 2.75) is 19.3 Å². The number of rotatable bonds is 5. The van der Waals surface area contributed by atoms with Crippen LogP contribution in [0.2, 0.25) is 0 Å². The maximum Gasteiger partial charge on any atom is 0.160 e. The molecule has 0 aromatic rings. The van der Waals surface area contributed by atoms with Crippen LogP contribution in [0.4, 0.5) is 0 Å². The average molecular weight is 195 g/mol. The van der Waals surface area contributed by atoms with Gasteiger partial charge in [-0.15, -0.1) is 6.58 Å². The molecule has 1 saturated heterocycles. The first-order valence-corrected chi connectivity index (χ1v) is 5.11. The molecule has 0 radical (unpaired) electrons. The fourth-order valence-electron chi connectivity index (χ4n) is 1.71. The van der Waals surface area contributed by atoms with Crippen LogP contribution in [0.1, 0.15) is 19.3 Å². The smallest absolute Gasteiger partial charge is 0.160 e. The van der Waals surface area contributed by atoms with Gasteiger partial charge >= 0.3 is 0 Å². The number of carbonyl (C=O) groups is 2. The third-order valence-corrected chi connectivity index (χ3v) is 2.60. The highest BCUT2D eigenvalue weighted by molar-refractivity contribution is 5.96. The van der Waals surface area contributed by atoms with Gasteiger partial charge in [0.05, 0.1) is 12.5 Å². The topological polar surface area (TPSA) is 37.4 Å². The van der Waals surface area contributed by atoms with E-state index in [9.17, 15) is 9.59 Å². The van der Waals surface area contributed by atoms with Gasteiger partial charge < -0.3 is 4.79 Å². The molecule has 0 saturated carbocycles. The van der Waals surface area contributed by atoms with Crippen LogP contribution in [0.15, 0.2) is 12.7 Å². The third-order valence-electron chi connectivity index (χ3n) is 2.60. The molecule has 1 rings (SSSR count). The van der Waals surface area contributed by atoms with Crippen molar-refractivity contribution >= 4 is 12.1 Å². The zero-order valence-corrected chi connectivity index (χ0v) is 8.45. The number of hydrogen-bond acceptors (Lipinski definition) is 3. The van der Waals surface area contributed by atoms with Crippen molar-refractivity contribution in [3.8, 4) is 0 Å². The molecule has 3 nitrogen and oxygen atoms in total. The quantitative estimate of drug-likeness (QED) is 0.374. The molecule has 0 bridgehead atoms. The van der Waals surface area contributed by atoms with Gasteiger partial charge in [-0.1, -0.05) is 12.5 Å². The van der Waals surface area contributed by atoms with Gasteiger partial charge in [-0.2, -0.15) is 0 Å². The second-order valence-corrected chi connectivity index (χ2v) is 3.70. The van der Waals surface area contributed by atoms with Crippen molar-refractivity contribution in [2.75, 3.05) is 19.6 Å². The minimum absolute atomic E-state index is 0.0306. The summed E-state index contributed by atoms with van der Waals surface area (Å²) in [6, 6.07) is 0. The lowest BCUT2D eigenvalue weighted by molar-refractivity contribution is -0.126. The van der Waals surface area contributed by atoms with Crippen molar-refractivity contribution in [1.82, 2.24) is 4.90 Å². The summed E-state index contributed by atoms with van der Waals surface area (Å²) >= 11 is 0. The fraction of sp³-hybridized carbons (Fsp3) is 0.636. The van der Waals surface area contributed by atoms with E-state index >= 15 is 0 Å². The van der Waals surface area contributed by atoms with E-state index in [4.69, 9.17) is 0 Å². The molecule has 1 atom stereocenters. The molecule has 0 aromatic carbocycles. The minimum atomic E-state index is -0.614. The average Bonchev–Trinajstić information content (AvgIpc) is 2.21. The molecule has 1 heterocycles. The Hall–Kier alpha value is -0.960. The largest absolute Gasteiger partial charge is 0.302 e. The van der Waals surface area contributed by atoms with Crippen LogP contribution in [0.25, 0.3) is 0 Å². The first kappa shape index (κ1) is 11.1. The van der Waals surface area contributed by atoms with E-state index in [0.29, 0.717) is 12.8 Å². The summed E-state index contributed by atoms with van der Waals surface area (Å²) < 4.78 is 0. The molecule has 14 heavy (non-hydrogen) atoms. The van der Waals surface area contributed by atoms with E-state index in [0.717, 1.165) is 25.9 Å². The van der Waals surface area contributed by atoms with E-state index in [-0.39, 0.29) is 5.78 Å². The monoisotopic (exact) mass is 195 g/mol. The third kappa shape index (κ3) is 3.07. The molecule has 0 N–H and O–H groups in total. The number of hydrogen-bond donors (Lipinski definition) is 0. The molecule has 1 aliphatic rings. The van der Waals surface area contributed by atoms with Crippen LogP contribution in [0.5, 0.6) is 0 Å². The second-order valence-electron chi connectivity index (χ2n) is 3.70. The molecule has 1 fully saturated rings. The highest BCUT2D eigenvalue weighted by Crippen LogP contribution is 2.09. The van der Waals surface area contributed by atoms with Crippen LogP contribution in [-0.4, -0.2) is 36.6 Å². The maximum absolute atomic E-state index is 11.5. The second kappa shape index (κ2) is 5.70. The summed E-state index contributed by atoms with van der Waals surface area (Å²) in [7, 11) is 0. The summed E-state index contributed by atoms with van der Waals surface area (Å²) in [5.41, 5.74) is 0. The van der Waals surface area contributed by atoms with Gasteiger partial charge in [0.15, 0.2) is 5.78 Å². The highest BCUT2D eigenvalue weighted by Gasteiger charge is 2.18. The lowest BCUT2D eigenvalue weighted by Crippen LogP contribution is -2.36. The van der Waals surface area contributed by atoms with Gasteiger partial charge in [0, 0.05) is 0 Å². The first-order valence-electron chi connectivity index (χ1n) is 5.11. The minimum Gasteiger partial charge on any atom is -0.302 e. The Morgan fingerprint density at radius 3 is 2.50 bits per heavy atom. The van der Waals surface area contributed by atoms with Gasteiger partial charge in [0.2, 0.25) is 0 Å². The van der Waals surface area contributed by atoms with Crippen LogP contribution < -0.4 is 0 Å². The molecule has 1 aliphatic heterocycles. The Morgan fingerprint density at radius 2 is 2.00 bits per heavy atom. The van der Waals surface area contributed by atoms with Gasteiger partial charge in [-0.25, -0.2) is 0 Å². The first-order chi connectivity index (χ1) is 6.77. The summed E-state index contributed by atoms with van der Waals surface area (Å²) in [4.78, 5) is 24.2. The SMILES string of the molecule is C=CC(C=O)C(=O)CN1CCCCC1. The lowest BCUT2D eigenvalue weighted by atomic mass is 10.0. The fourth-order valence-corrected chi connectivity index (χ4v) is 1.71. The number of carbonyl (C=O) groups excluding carboxylic acids is 2. The zero-order chi connectivity index (χ0) is 10.4. The van der Waals surface area contributed by atoms with E-state index < -0.39 is 5.92 Å². The van der Waals surface area contributed by atoms with Gasteiger partial charge in [0.1, 0.15) is 6.29 Å². The Bertz CT molecular complexity index is 211. The van der Waals surface area contributed by atoms with Crippen LogP contribution in [-0.2, 0) is 9.59 Å². The van der Waals surface area contributed by atoms with Crippen molar-refractivity contribution in [2.24, 2.45) is 5.92 Å². The predicted octanol–water partition coefficient (Wildman–Crippen LogP) is 1.04. The number of aldehydes is 1. The van der Waals surface area contributed by atoms with Crippen LogP contribution in [0, 0.1) is 5.92 Å². The molecule has 78 valence electrons. The summed E-state index contributed by atoms with van der Waals surface area (Å²) in [5.74, 6) is -0.645. The molecule has 0 aromatic heterocycles. The highest BCUT2D eigenvalue weighted by atomic mass is 16.1. The number of allylic oxidation sites excluding steroid dienone is 1. The number of likely N-dealkylation sites (tertiary alicyclic amines) is 1. The Morgan fingerprint density at radius 1 is 1.36 bits per heavy atom. The van der Waals surface area contributed by atoms with Crippen LogP contribution in [0.3, 0.4) is 0 Å². The number of ketones is 1. The molecule has 0 spiro atoms. The normalized spacial score (nSPS) is 20.0. The summed E-state index contributed by atoms with van der Waals surface area (Å²) in [5, 5.41) is 0. The molecular weight excluding hydrogens is 178 g/mol. The summed E-state index contributed by atoms with van der Waals surface area (Å²) in [6.45, 7) is 5.83. The summed E-state index contributed by atoms with van der Waals surface area (Å²) in [6.07, 6.45) is 5.65.